The van der Waals surface area contributed by atoms with Crippen LogP contribution in [0.15, 0.2) is 22.7 Å². The van der Waals surface area contributed by atoms with Crippen molar-refractivity contribution in [1.29, 1.82) is 5.41 Å². The molecule has 0 aliphatic heterocycles. The van der Waals surface area contributed by atoms with Gasteiger partial charge in [0.1, 0.15) is 5.84 Å². The van der Waals surface area contributed by atoms with Crippen molar-refractivity contribution in [3.05, 3.63) is 33.8 Å². The Balaban J connectivity index is 0.00000196. The fraction of sp³-hybridized carbons (Fsp3) is 0.125. The SMILES string of the molecule is Cl.N=C(N)c1ccc(C(F)(F)F)cc1Br. The summed E-state index contributed by atoms with van der Waals surface area (Å²) in [5, 5.41) is 7.07. The molecule has 0 bridgehead atoms. The summed E-state index contributed by atoms with van der Waals surface area (Å²) < 4.78 is 36.8. The number of benzene rings is 1. The number of alkyl halides is 3. The number of hydrogen-bond acceptors (Lipinski definition) is 1. The third-order valence-electron chi connectivity index (χ3n) is 1.59. The predicted molar refractivity (Wildman–Crippen MR) is 57.4 cm³/mol. The highest BCUT2D eigenvalue weighted by Crippen LogP contribution is 2.31. The smallest absolute Gasteiger partial charge is 0.384 e. The van der Waals surface area contributed by atoms with Crippen LogP contribution in [0.2, 0.25) is 0 Å². The molecule has 1 aromatic rings. The zero-order chi connectivity index (χ0) is 10.9. The van der Waals surface area contributed by atoms with Gasteiger partial charge in [0.25, 0.3) is 0 Å². The molecular weight excluding hydrogens is 296 g/mol. The van der Waals surface area contributed by atoms with E-state index in [4.69, 9.17) is 11.1 Å². The normalized spacial score (nSPS) is 10.7. The van der Waals surface area contributed by atoms with Crippen LogP contribution in [0, 0.1) is 5.41 Å². The molecule has 0 radical (unpaired) electrons. The second kappa shape index (κ2) is 4.85. The fourth-order valence-electron chi connectivity index (χ4n) is 0.910. The van der Waals surface area contributed by atoms with Gasteiger partial charge in [-0.15, -0.1) is 12.4 Å². The zero-order valence-electron chi connectivity index (χ0n) is 7.23. The Kier molecular flexibility index (Phi) is 4.61. The number of halogens is 5. The van der Waals surface area contributed by atoms with Crippen LogP contribution in [0.5, 0.6) is 0 Å². The van der Waals surface area contributed by atoms with Crippen molar-refractivity contribution in [1.82, 2.24) is 0 Å². The van der Waals surface area contributed by atoms with Gasteiger partial charge in [0.15, 0.2) is 0 Å². The lowest BCUT2D eigenvalue weighted by atomic mass is 10.1. The first-order valence-corrected chi connectivity index (χ1v) is 4.33. The summed E-state index contributed by atoms with van der Waals surface area (Å²) in [6.45, 7) is 0. The number of amidine groups is 1. The van der Waals surface area contributed by atoms with Crippen LogP contribution in [0.1, 0.15) is 11.1 Å². The molecule has 84 valence electrons. The molecule has 0 aromatic heterocycles. The van der Waals surface area contributed by atoms with E-state index in [0.717, 1.165) is 18.2 Å². The summed E-state index contributed by atoms with van der Waals surface area (Å²) in [5.41, 5.74) is 4.62. The lowest BCUT2D eigenvalue weighted by Crippen LogP contribution is -2.13. The lowest BCUT2D eigenvalue weighted by Gasteiger charge is -2.08. The van der Waals surface area contributed by atoms with Gasteiger partial charge in [0.05, 0.1) is 5.56 Å². The van der Waals surface area contributed by atoms with Gasteiger partial charge in [-0.1, -0.05) is 15.9 Å². The highest BCUT2D eigenvalue weighted by atomic mass is 79.9. The second-order valence-corrected chi connectivity index (χ2v) is 3.46. The summed E-state index contributed by atoms with van der Waals surface area (Å²) in [4.78, 5) is 0. The Bertz CT molecular complexity index is 379. The average molecular weight is 304 g/mol. The summed E-state index contributed by atoms with van der Waals surface area (Å²) in [7, 11) is 0. The van der Waals surface area contributed by atoms with Crippen LogP contribution in [-0.2, 0) is 6.18 Å². The van der Waals surface area contributed by atoms with Gasteiger partial charge in [-0.3, -0.25) is 5.41 Å². The molecule has 1 rings (SSSR count). The van der Waals surface area contributed by atoms with Gasteiger partial charge < -0.3 is 5.73 Å². The Morgan fingerprint density at radius 3 is 2.20 bits per heavy atom. The third-order valence-corrected chi connectivity index (χ3v) is 2.24. The highest BCUT2D eigenvalue weighted by Gasteiger charge is 2.30. The summed E-state index contributed by atoms with van der Waals surface area (Å²) in [5.74, 6) is -0.273. The molecule has 0 aliphatic carbocycles. The molecule has 7 heteroatoms. The van der Waals surface area contributed by atoms with Crippen molar-refractivity contribution in [2.75, 3.05) is 0 Å². The van der Waals surface area contributed by atoms with E-state index in [9.17, 15) is 13.2 Å². The van der Waals surface area contributed by atoms with E-state index in [1.165, 1.54) is 0 Å². The molecule has 0 saturated heterocycles. The van der Waals surface area contributed by atoms with Gasteiger partial charge in [-0.05, 0) is 18.2 Å². The van der Waals surface area contributed by atoms with Crippen molar-refractivity contribution < 1.29 is 13.2 Å². The van der Waals surface area contributed by atoms with E-state index in [0.29, 0.717) is 0 Å². The van der Waals surface area contributed by atoms with Crippen LogP contribution < -0.4 is 5.73 Å². The Hall–Kier alpha value is -0.750. The van der Waals surface area contributed by atoms with E-state index < -0.39 is 11.7 Å². The van der Waals surface area contributed by atoms with Gasteiger partial charge >= 0.3 is 6.18 Å². The lowest BCUT2D eigenvalue weighted by molar-refractivity contribution is -0.137. The Labute approximate surface area is 98.7 Å². The topological polar surface area (TPSA) is 49.9 Å². The van der Waals surface area contributed by atoms with E-state index in [-0.39, 0.29) is 28.3 Å². The first kappa shape index (κ1) is 14.2. The van der Waals surface area contributed by atoms with Gasteiger partial charge in [0, 0.05) is 10.0 Å². The maximum atomic E-state index is 12.2. The highest BCUT2D eigenvalue weighted by molar-refractivity contribution is 9.10. The zero-order valence-corrected chi connectivity index (χ0v) is 9.63. The third kappa shape index (κ3) is 3.39. The van der Waals surface area contributed by atoms with Crippen molar-refractivity contribution in [3.8, 4) is 0 Å². The van der Waals surface area contributed by atoms with E-state index in [1.54, 1.807) is 0 Å². The molecular formula is C8H7BrClF3N2. The van der Waals surface area contributed by atoms with E-state index in [1.807, 2.05) is 0 Å². The number of rotatable bonds is 1. The van der Waals surface area contributed by atoms with Crippen LogP contribution in [-0.4, -0.2) is 5.84 Å². The van der Waals surface area contributed by atoms with Crippen molar-refractivity contribution in [3.63, 3.8) is 0 Å². The van der Waals surface area contributed by atoms with Crippen molar-refractivity contribution >= 4 is 34.2 Å². The quantitative estimate of drug-likeness (QED) is 0.607. The number of nitrogens with one attached hydrogen (secondary N) is 1. The van der Waals surface area contributed by atoms with Crippen LogP contribution >= 0.6 is 28.3 Å². The minimum absolute atomic E-state index is 0. The number of nitrogen functional groups attached to an aromatic ring is 1. The monoisotopic (exact) mass is 302 g/mol. The van der Waals surface area contributed by atoms with Gasteiger partial charge in [-0.25, -0.2) is 0 Å². The summed E-state index contributed by atoms with van der Waals surface area (Å²) in [6, 6.07) is 2.95. The molecule has 0 unspecified atom stereocenters. The molecule has 0 heterocycles. The first-order valence-electron chi connectivity index (χ1n) is 3.53. The molecule has 15 heavy (non-hydrogen) atoms. The molecule has 0 fully saturated rings. The molecule has 0 saturated carbocycles. The number of nitrogens with two attached hydrogens (primary N) is 1. The van der Waals surface area contributed by atoms with Crippen LogP contribution in [0.25, 0.3) is 0 Å². The minimum atomic E-state index is -4.38. The molecule has 2 nitrogen and oxygen atoms in total. The van der Waals surface area contributed by atoms with Crippen LogP contribution in [0.4, 0.5) is 13.2 Å². The van der Waals surface area contributed by atoms with Crippen molar-refractivity contribution in [2.45, 2.75) is 6.18 Å². The Morgan fingerprint density at radius 2 is 1.87 bits per heavy atom. The molecule has 0 atom stereocenters. The minimum Gasteiger partial charge on any atom is -0.384 e. The van der Waals surface area contributed by atoms with E-state index >= 15 is 0 Å². The maximum Gasteiger partial charge on any atom is 0.416 e. The second-order valence-electron chi connectivity index (χ2n) is 2.61. The predicted octanol–water partition coefficient (Wildman–Crippen LogP) is 3.17. The molecule has 3 N–H and O–H groups in total. The maximum absolute atomic E-state index is 12.2. The molecule has 1 aromatic carbocycles. The largest absolute Gasteiger partial charge is 0.416 e. The number of hydrogen-bond donors (Lipinski definition) is 2. The Morgan fingerprint density at radius 1 is 1.33 bits per heavy atom. The van der Waals surface area contributed by atoms with Gasteiger partial charge in [0.2, 0.25) is 0 Å². The van der Waals surface area contributed by atoms with E-state index in [2.05, 4.69) is 15.9 Å². The summed E-state index contributed by atoms with van der Waals surface area (Å²) >= 11 is 2.92. The van der Waals surface area contributed by atoms with Gasteiger partial charge in [-0.2, -0.15) is 13.2 Å². The molecule has 0 aliphatic rings. The van der Waals surface area contributed by atoms with Crippen molar-refractivity contribution in [2.24, 2.45) is 5.73 Å². The van der Waals surface area contributed by atoms with Crippen LogP contribution in [0.3, 0.4) is 0 Å². The first-order chi connectivity index (χ1) is 6.32. The average Bonchev–Trinajstić information content (AvgIpc) is 2.01. The standard InChI is InChI=1S/C8H6BrF3N2.ClH/c9-6-3-4(8(10,11)12)1-2-5(6)7(13)14;/h1-3H,(H3,13,14);1H. The fourth-order valence-corrected chi connectivity index (χ4v) is 1.50. The molecule has 0 spiro atoms. The summed E-state index contributed by atoms with van der Waals surface area (Å²) in [6.07, 6.45) is -4.38. The molecule has 0 amide bonds.